The molecule has 0 amide bonds. The summed E-state index contributed by atoms with van der Waals surface area (Å²) in [5.41, 5.74) is 5.52. The monoisotopic (exact) mass is 201 g/mol. The fourth-order valence-corrected chi connectivity index (χ4v) is 1.71. The number of oxime groups is 1. The highest BCUT2D eigenvalue weighted by Gasteiger charge is 2.18. The van der Waals surface area contributed by atoms with E-state index >= 15 is 0 Å². The van der Waals surface area contributed by atoms with Gasteiger partial charge < -0.3 is 10.9 Å². The van der Waals surface area contributed by atoms with Crippen molar-refractivity contribution in [3.05, 3.63) is 0 Å². The third kappa shape index (κ3) is 3.96. The molecular weight excluding hydrogens is 178 g/mol. The molecule has 0 aliphatic carbocycles. The van der Waals surface area contributed by atoms with E-state index in [4.69, 9.17) is 10.9 Å². The number of amidine groups is 1. The third-order valence-corrected chi connectivity index (χ3v) is 2.55. The number of hydrogen-bond acceptors (Lipinski definition) is 3. The quantitative estimate of drug-likeness (QED) is 0.297. The maximum Gasteiger partial charge on any atom is 0.153 e. The van der Waals surface area contributed by atoms with Crippen molar-refractivity contribution in [1.82, 2.24) is 4.90 Å². The maximum atomic E-state index is 8.53. The molecule has 0 radical (unpaired) electrons. The van der Waals surface area contributed by atoms with Crippen LogP contribution in [0.1, 0.15) is 40.5 Å². The normalized spacial score (nSPS) is 13.2. The fourth-order valence-electron chi connectivity index (χ4n) is 1.71. The smallest absolute Gasteiger partial charge is 0.153 e. The van der Waals surface area contributed by atoms with E-state index < -0.39 is 0 Å². The maximum absolute atomic E-state index is 8.53. The van der Waals surface area contributed by atoms with Crippen LogP contribution in [-0.4, -0.2) is 34.6 Å². The number of hydrogen-bond donors (Lipinski definition) is 2. The molecule has 0 aromatic carbocycles. The zero-order valence-electron chi connectivity index (χ0n) is 9.70. The van der Waals surface area contributed by atoms with Gasteiger partial charge in [-0.1, -0.05) is 19.0 Å². The molecule has 0 rings (SSSR count). The third-order valence-electron chi connectivity index (χ3n) is 2.55. The molecule has 0 saturated carbocycles. The van der Waals surface area contributed by atoms with Crippen molar-refractivity contribution in [2.75, 3.05) is 6.54 Å². The van der Waals surface area contributed by atoms with Crippen LogP contribution in [0.2, 0.25) is 0 Å². The molecule has 0 aromatic rings. The van der Waals surface area contributed by atoms with Gasteiger partial charge in [0.15, 0.2) is 5.84 Å². The standard InChI is InChI=1S/C10H23N3O/c1-5-9(6-2)13(8(3)4)7-10(11)12-14/h8-9,14H,5-7H2,1-4H3,(H2,11,12). The first kappa shape index (κ1) is 13.2. The van der Waals surface area contributed by atoms with Crippen LogP contribution in [0.15, 0.2) is 5.16 Å². The first-order valence-electron chi connectivity index (χ1n) is 5.28. The summed E-state index contributed by atoms with van der Waals surface area (Å²) in [5, 5.41) is 11.5. The Hall–Kier alpha value is -0.770. The van der Waals surface area contributed by atoms with Crippen LogP contribution in [0.25, 0.3) is 0 Å². The van der Waals surface area contributed by atoms with E-state index in [-0.39, 0.29) is 5.84 Å². The summed E-state index contributed by atoms with van der Waals surface area (Å²) in [6.07, 6.45) is 2.18. The SMILES string of the molecule is CCC(CC)N(CC(N)=NO)C(C)C. The molecule has 0 fully saturated rings. The zero-order valence-corrected chi connectivity index (χ0v) is 9.70. The van der Waals surface area contributed by atoms with Crippen LogP contribution in [0, 0.1) is 0 Å². The van der Waals surface area contributed by atoms with Gasteiger partial charge in [-0.05, 0) is 26.7 Å². The predicted molar refractivity (Wildman–Crippen MR) is 59.6 cm³/mol. The van der Waals surface area contributed by atoms with Gasteiger partial charge in [0.05, 0.1) is 6.54 Å². The van der Waals surface area contributed by atoms with Crippen LogP contribution in [0.3, 0.4) is 0 Å². The van der Waals surface area contributed by atoms with Crippen molar-refractivity contribution < 1.29 is 5.21 Å². The lowest BCUT2D eigenvalue weighted by molar-refractivity contribution is 0.166. The summed E-state index contributed by atoms with van der Waals surface area (Å²) in [7, 11) is 0. The van der Waals surface area contributed by atoms with Gasteiger partial charge in [-0.25, -0.2) is 0 Å². The molecule has 0 saturated heterocycles. The van der Waals surface area contributed by atoms with Crippen LogP contribution in [0.5, 0.6) is 0 Å². The minimum absolute atomic E-state index is 0.283. The van der Waals surface area contributed by atoms with E-state index in [0.29, 0.717) is 18.6 Å². The summed E-state index contributed by atoms with van der Waals surface area (Å²) in [5.74, 6) is 0.283. The molecule has 0 heterocycles. The molecule has 0 aliphatic heterocycles. The molecule has 0 bridgehead atoms. The molecule has 0 aromatic heterocycles. The first-order chi connectivity index (χ1) is 6.56. The second kappa shape index (κ2) is 6.65. The second-order valence-corrected chi connectivity index (χ2v) is 3.83. The Balaban J connectivity index is 4.42. The Bertz CT molecular complexity index is 176. The molecule has 4 heteroatoms. The van der Waals surface area contributed by atoms with Crippen molar-refractivity contribution in [2.24, 2.45) is 10.9 Å². The molecule has 0 spiro atoms. The van der Waals surface area contributed by atoms with Crippen LogP contribution < -0.4 is 5.73 Å². The summed E-state index contributed by atoms with van der Waals surface area (Å²) in [4.78, 5) is 2.26. The highest BCUT2D eigenvalue weighted by Crippen LogP contribution is 2.11. The Labute approximate surface area is 86.8 Å². The van der Waals surface area contributed by atoms with Gasteiger partial charge >= 0.3 is 0 Å². The Kier molecular flexibility index (Phi) is 6.28. The van der Waals surface area contributed by atoms with E-state index in [1.165, 1.54) is 0 Å². The largest absolute Gasteiger partial charge is 0.409 e. The van der Waals surface area contributed by atoms with E-state index in [1.807, 2.05) is 0 Å². The van der Waals surface area contributed by atoms with Crippen molar-refractivity contribution in [2.45, 2.75) is 52.6 Å². The van der Waals surface area contributed by atoms with Gasteiger partial charge in [-0.15, -0.1) is 0 Å². The lowest BCUT2D eigenvalue weighted by Crippen LogP contribution is -2.45. The van der Waals surface area contributed by atoms with Gasteiger partial charge in [0, 0.05) is 12.1 Å². The van der Waals surface area contributed by atoms with Gasteiger partial charge in [-0.2, -0.15) is 0 Å². The number of rotatable bonds is 6. The zero-order chi connectivity index (χ0) is 11.1. The van der Waals surface area contributed by atoms with E-state index in [2.05, 4.69) is 37.8 Å². The molecular formula is C10H23N3O. The summed E-state index contributed by atoms with van der Waals surface area (Å²) in [6, 6.07) is 0.926. The average molecular weight is 201 g/mol. The predicted octanol–water partition coefficient (Wildman–Crippen LogP) is 1.63. The summed E-state index contributed by atoms with van der Waals surface area (Å²) < 4.78 is 0. The lowest BCUT2D eigenvalue weighted by atomic mass is 10.1. The summed E-state index contributed by atoms with van der Waals surface area (Å²) in [6.45, 7) is 9.12. The number of nitrogens with two attached hydrogens (primary N) is 1. The van der Waals surface area contributed by atoms with Gasteiger partial charge in [-0.3, -0.25) is 4.90 Å². The highest BCUT2D eigenvalue weighted by molar-refractivity contribution is 5.81. The Morgan fingerprint density at radius 2 is 1.86 bits per heavy atom. The Morgan fingerprint density at radius 1 is 1.36 bits per heavy atom. The van der Waals surface area contributed by atoms with Crippen LogP contribution in [-0.2, 0) is 0 Å². The van der Waals surface area contributed by atoms with Crippen molar-refractivity contribution in [1.29, 1.82) is 0 Å². The second-order valence-electron chi connectivity index (χ2n) is 3.83. The van der Waals surface area contributed by atoms with Crippen molar-refractivity contribution in [3.8, 4) is 0 Å². The van der Waals surface area contributed by atoms with Gasteiger partial charge in [0.1, 0.15) is 0 Å². The highest BCUT2D eigenvalue weighted by atomic mass is 16.4. The fraction of sp³-hybridized carbons (Fsp3) is 0.900. The molecule has 4 nitrogen and oxygen atoms in total. The van der Waals surface area contributed by atoms with Crippen LogP contribution >= 0.6 is 0 Å². The minimum Gasteiger partial charge on any atom is -0.409 e. The number of nitrogens with zero attached hydrogens (tertiary/aromatic N) is 2. The van der Waals surface area contributed by atoms with Crippen molar-refractivity contribution in [3.63, 3.8) is 0 Å². The molecule has 0 aliphatic rings. The molecule has 0 atom stereocenters. The molecule has 14 heavy (non-hydrogen) atoms. The summed E-state index contributed by atoms with van der Waals surface area (Å²) >= 11 is 0. The molecule has 0 unspecified atom stereocenters. The lowest BCUT2D eigenvalue weighted by Gasteiger charge is -2.33. The topological polar surface area (TPSA) is 61.8 Å². The molecule has 3 N–H and O–H groups in total. The van der Waals surface area contributed by atoms with E-state index in [0.717, 1.165) is 12.8 Å². The minimum atomic E-state index is 0.283. The first-order valence-corrected chi connectivity index (χ1v) is 5.28. The van der Waals surface area contributed by atoms with E-state index in [1.54, 1.807) is 0 Å². The van der Waals surface area contributed by atoms with Crippen LogP contribution in [0.4, 0.5) is 0 Å². The average Bonchev–Trinajstić information content (AvgIpc) is 2.17. The van der Waals surface area contributed by atoms with Crippen molar-refractivity contribution >= 4 is 5.84 Å². The van der Waals surface area contributed by atoms with E-state index in [9.17, 15) is 0 Å². The van der Waals surface area contributed by atoms with Gasteiger partial charge in [0.25, 0.3) is 0 Å². The molecule has 84 valence electrons. The van der Waals surface area contributed by atoms with Gasteiger partial charge in [0.2, 0.25) is 0 Å². The Morgan fingerprint density at radius 3 is 2.14 bits per heavy atom.